The highest BCUT2D eigenvalue weighted by Crippen LogP contribution is 2.31. The number of pyridine rings is 1. The van der Waals surface area contributed by atoms with Crippen LogP contribution in [-0.2, 0) is 9.53 Å². The fourth-order valence-corrected chi connectivity index (χ4v) is 4.67. The fraction of sp³-hybridized carbons (Fsp3) is 0.625. The first kappa shape index (κ1) is 36.1. The summed E-state index contributed by atoms with van der Waals surface area (Å²) in [5.74, 6) is 2.16. The van der Waals surface area contributed by atoms with E-state index < -0.39 is 0 Å². The standard InChI is InChI=1S/C24H32FN3O2.C4H10O2.C2H4O.C2H6/c1-4-29-20-6-7-21(25)22(13-20)28-12-10-23(18(3)16-28)30-24-8-5-19(14-26-24)27-11-9-17(2)15-27;1-6-4-2-3-5;1-2-3;1-2/h5-8,13-14,17-18,23H,4,9-12,15-16H2,1-3H3;5H,2-4H2,1H3;2H,1H3;1-2H3. The number of rotatable bonds is 9. The Bertz CT molecular complexity index is 959. The Hall–Kier alpha value is -2.91. The monoisotopic (exact) mass is 577 g/mol. The second-order valence-electron chi connectivity index (χ2n) is 9.91. The molecule has 2 saturated heterocycles. The normalized spacial score (nSPS) is 19.5. The van der Waals surface area contributed by atoms with Crippen molar-refractivity contribution in [2.75, 3.05) is 62.9 Å². The number of ether oxygens (including phenoxy) is 3. The van der Waals surface area contributed by atoms with Crippen LogP contribution in [0.1, 0.15) is 60.8 Å². The molecular formula is C32H52FN3O5. The van der Waals surface area contributed by atoms with E-state index in [0.29, 0.717) is 30.5 Å². The molecular weight excluding hydrogens is 525 g/mol. The molecule has 1 aromatic heterocycles. The maximum atomic E-state index is 14.4. The number of piperidine rings is 1. The van der Waals surface area contributed by atoms with Gasteiger partial charge in [0.2, 0.25) is 5.88 Å². The van der Waals surface area contributed by atoms with Gasteiger partial charge in [-0.1, -0.05) is 27.7 Å². The number of hydrogen-bond acceptors (Lipinski definition) is 8. The molecule has 232 valence electrons. The number of methoxy groups -OCH3 is 1. The first-order valence-corrected chi connectivity index (χ1v) is 14.9. The van der Waals surface area contributed by atoms with Crippen molar-refractivity contribution in [3.8, 4) is 11.6 Å². The Morgan fingerprint density at radius 3 is 2.32 bits per heavy atom. The number of benzene rings is 1. The summed E-state index contributed by atoms with van der Waals surface area (Å²) in [6.07, 6.45) is 5.55. The van der Waals surface area contributed by atoms with E-state index in [1.165, 1.54) is 25.1 Å². The Morgan fingerprint density at radius 2 is 1.80 bits per heavy atom. The van der Waals surface area contributed by atoms with Crippen LogP contribution in [0.4, 0.5) is 15.8 Å². The van der Waals surface area contributed by atoms with Crippen molar-refractivity contribution in [3.63, 3.8) is 0 Å². The smallest absolute Gasteiger partial charge is 0.213 e. The second kappa shape index (κ2) is 20.9. The highest BCUT2D eigenvalue weighted by Gasteiger charge is 2.29. The van der Waals surface area contributed by atoms with Gasteiger partial charge in [-0.3, -0.25) is 0 Å². The van der Waals surface area contributed by atoms with Crippen LogP contribution in [0.2, 0.25) is 0 Å². The van der Waals surface area contributed by atoms with Crippen molar-refractivity contribution in [3.05, 3.63) is 42.3 Å². The summed E-state index contributed by atoms with van der Waals surface area (Å²) in [6.45, 7) is 17.0. The Balaban J connectivity index is 0.000000660. The summed E-state index contributed by atoms with van der Waals surface area (Å²) in [5, 5.41) is 8.12. The molecule has 2 fully saturated rings. The van der Waals surface area contributed by atoms with Gasteiger partial charge in [-0.05, 0) is 50.8 Å². The topological polar surface area (TPSA) is 84.4 Å². The number of halogens is 1. The molecule has 0 saturated carbocycles. The predicted octanol–water partition coefficient (Wildman–Crippen LogP) is 6.01. The molecule has 2 aliphatic heterocycles. The molecule has 3 heterocycles. The molecule has 2 aliphatic rings. The van der Waals surface area contributed by atoms with Crippen LogP contribution >= 0.6 is 0 Å². The molecule has 0 spiro atoms. The number of carbonyl (C=O) groups is 1. The van der Waals surface area contributed by atoms with Gasteiger partial charge in [0.05, 0.1) is 24.2 Å². The van der Waals surface area contributed by atoms with Gasteiger partial charge in [0, 0.05) is 71.0 Å². The zero-order valence-electron chi connectivity index (χ0n) is 26.1. The molecule has 41 heavy (non-hydrogen) atoms. The lowest BCUT2D eigenvalue weighted by atomic mass is 9.96. The van der Waals surface area contributed by atoms with Gasteiger partial charge in [-0.15, -0.1) is 0 Å². The number of aldehydes is 1. The summed E-state index contributed by atoms with van der Waals surface area (Å²) < 4.78 is 30.8. The van der Waals surface area contributed by atoms with Crippen LogP contribution in [-0.4, -0.2) is 75.6 Å². The van der Waals surface area contributed by atoms with Gasteiger partial charge in [-0.25, -0.2) is 9.37 Å². The Morgan fingerprint density at radius 1 is 1.10 bits per heavy atom. The SMILES string of the molecule is CC.CC=O.CCOc1ccc(F)c(N2CCC(Oc3ccc(N4CCC(C)C4)cn3)C(C)C2)c1.COCCCO. The average molecular weight is 578 g/mol. The molecule has 0 bridgehead atoms. The zero-order chi connectivity index (χ0) is 30.6. The molecule has 0 radical (unpaired) electrons. The summed E-state index contributed by atoms with van der Waals surface area (Å²) >= 11 is 0. The summed E-state index contributed by atoms with van der Waals surface area (Å²) in [6, 6.07) is 9.05. The zero-order valence-corrected chi connectivity index (χ0v) is 26.1. The molecule has 0 aliphatic carbocycles. The molecule has 9 heteroatoms. The molecule has 4 rings (SSSR count). The number of aliphatic hydroxyl groups excluding tert-OH is 1. The minimum atomic E-state index is -0.210. The van der Waals surface area contributed by atoms with Crippen LogP contribution in [0.3, 0.4) is 0 Å². The lowest BCUT2D eigenvalue weighted by Gasteiger charge is -2.38. The maximum absolute atomic E-state index is 14.4. The maximum Gasteiger partial charge on any atom is 0.213 e. The van der Waals surface area contributed by atoms with E-state index in [9.17, 15) is 4.39 Å². The number of anilines is 2. The second-order valence-corrected chi connectivity index (χ2v) is 9.91. The molecule has 8 nitrogen and oxygen atoms in total. The number of aromatic nitrogens is 1. The van der Waals surface area contributed by atoms with E-state index in [2.05, 4.69) is 39.4 Å². The minimum absolute atomic E-state index is 0.0737. The quantitative estimate of drug-likeness (QED) is 0.287. The van der Waals surface area contributed by atoms with E-state index in [-0.39, 0.29) is 24.4 Å². The van der Waals surface area contributed by atoms with Gasteiger partial charge in [0.15, 0.2) is 0 Å². The first-order chi connectivity index (χ1) is 19.9. The van der Waals surface area contributed by atoms with Crippen molar-refractivity contribution in [2.24, 2.45) is 11.8 Å². The molecule has 1 aromatic carbocycles. The van der Waals surface area contributed by atoms with Crippen molar-refractivity contribution in [2.45, 2.75) is 66.9 Å². The third-order valence-electron chi connectivity index (χ3n) is 6.68. The van der Waals surface area contributed by atoms with E-state index in [4.69, 9.17) is 19.4 Å². The van der Waals surface area contributed by atoms with Crippen LogP contribution in [0.25, 0.3) is 0 Å². The molecule has 1 N–H and O–H groups in total. The molecule has 3 unspecified atom stereocenters. The predicted molar refractivity (Wildman–Crippen MR) is 165 cm³/mol. The third kappa shape index (κ3) is 12.6. The Labute approximate surface area is 246 Å². The third-order valence-corrected chi connectivity index (χ3v) is 6.68. The van der Waals surface area contributed by atoms with Crippen molar-refractivity contribution < 1.29 is 28.5 Å². The molecule has 0 amide bonds. The largest absolute Gasteiger partial charge is 0.494 e. The fourth-order valence-electron chi connectivity index (χ4n) is 4.67. The highest BCUT2D eigenvalue weighted by atomic mass is 19.1. The van der Waals surface area contributed by atoms with Crippen LogP contribution in [0, 0.1) is 17.7 Å². The van der Waals surface area contributed by atoms with Crippen LogP contribution in [0.15, 0.2) is 36.5 Å². The van der Waals surface area contributed by atoms with Gasteiger partial charge in [0.1, 0.15) is 24.0 Å². The number of nitrogens with zero attached hydrogens (tertiary/aromatic N) is 3. The number of aliphatic hydroxyl groups is 1. The van der Waals surface area contributed by atoms with Crippen molar-refractivity contribution in [1.29, 1.82) is 0 Å². The van der Waals surface area contributed by atoms with Gasteiger partial charge < -0.3 is 33.9 Å². The van der Waals surface area contributed by atoms with Crippen LogP contribution in [0.5, 0.6) is 11.6 Å². The van der Waals surface area contributed by atoms with E-state index in [0.717, 1.165) is 51.2 Å². The minimum Gasteiger partial charge on any atom is -0.494 e. The number of carbonyl (C=O) groups excluding carboxylic acids is 1. The van der Waals surface area contributed by atoms with Gasteiger partial charge in [-0.2, -0.15) is 0 Å². The first-order valence-electron chi connectivity index (χ1n) is 14.9. The molecule has 3 atom stereocenters. The summed E-state index contributed by atoms with van der Waals surface area (Å²) in [5.41, 5.74) is 1.77. The van der Waals surface area contributed by atoms with E-state index in [1.807, 2.05) is 33.0 Å². The van der Waals surface area contributed by atoms with Crippen molar-refractivity contribution in [1.82, 2.24) is 4.98 Å². The summed E-state index contributed by atoms with van der Waals surface area (Å²) in [7, 11) is 1.62. The van der Waals surface area contributed by atoms with Gasteiger partial charge >= 0.3 is 0 Å². The lowest BCUT2D eigenvalue weighted by molar-refractivity contribution is -0.106. The Kier molecular flexibility index (Phi) is 18.4. The van der Waals surface area contributed by atoms with E-state index in [1.54, 1.807) is 19.2 Å². The lowest BCUT2D eigenvalue weighted by Crippen LogP contribution is -2.44. The average Bonchev–Trinajstić information content (AvgIpc) is 3.42. The highest BCUT2D eigenvalue weighted by molar-refractivity contribution is 5.52. The van der Waals surface area contributed by atoms with Gasteiger partial charge in [0.25, 0.3) is 0 Å². The van der Waals surface area contributed by atoms with E-state index >= 15 is 0 Å². The summed E-state index contributed by atoms with van der Waals surface area (Å²) in [4.78, 5) is 17.8. The van der Waals surface area contributed by atoms with Crippen LogP contribution < -0.4 is 19.3 Å². The van der Waals surface area contributed by atoms with Crippen molar-refractivity contribution >= 4 is 17.7 Å². The number of hydrogen-bond donors (Lipinski definition) is 1. The molecule has 2 aromatic rings.